The van der Waals surface area contributed by atoms with E-state index in [1.54, 1.807) is 21.3 Å². The van der Waals surface area contributed by atoms with Crippen LogP contribution < -0.4 is 0 Å². The van der Waals surface area contributed by atoms with Crippen LogP contribution in [-0.2, 0) is 13.3 Å². The van der Waals surface area contributed by atoms with E-state index in [1.807, 2.05) is 0 Å². The lowest BCUT2D eigenvalue weighted by molar-refractivity contribution is 0.122. The first-order chi connectivity index (χ1) is 6.74. The van der Waals surface area contributed by atoms with Crippen molar-refractivity contribution >= 4 is 8.80 Å². The molecule has 0 aliphatic rings. The van der Waals surface area contributed by atoms with Gasteiger partial charge in [-0.15, -0.1) is 0 Å². The zero-order valence-corrected chi connectivity index (χ0v) is 11.0. The first kappa shape index (κ1) is 14.1. The van der Waals surface area contributed by atoms with E-state index in [2.05, 4.69) is 6.92 Å². The Bertz CT molecular complexity index is 118. The molecule has 0 aromatic carbocycles. The molecule has 0 heterocycles. The Kier molecular flexibility index (Phi) is 8.47. The molecule has 0 atom stereocenters. The van der Waals surface area contributed by atoms with Crippen molar-refractivity contribution in [3.63, 3.8) is 0 Å². The lowest BCUT2D eigenvalue weighted by atomic mass is 10.2. The van der Waals surface area contributed by atoms with Crippen molar-refractivity contribution in [3.8, 4) is 0 Å². The van der Waals surface area contributed by atoms with Gasteiger partial charge in [-0.25, -0.2) is 0 Å². The van der Waals surface area contributed by atoms with E-state index >= 15 is 0 Å². The summed E-state index contributed by atoms with van der Waals surface area (Å²) < 4.78 is 16.0. The molecule has 0 aromatic heterocycles. The Morgan fingerprint density at radius 2 is 1.29 bits per heavy atom. The molecule has 0 spiro atoms. The minimum atomic E-state index is -2.28. The summed E-state index contributed by atoms with van der Waals surface area (Å²) in [7, 11) is 2.74. The molecule has 3 nitrogen and oxygen atoms in total. The summed E-state index contributed by atoms with van der Waals surface area (Å²) >= 11 is 0. The second-order valence-corrected chi connectivity index (χ2v) is 6.55. The van der Waals surface area contributed by atoms with E-state index in [4.69, 9.17) is 13.3 Å². The Morgan fingerprint density at radius 3 is 1.71 bits per heavy atom. The Labute approximate surface area is 89.1 Å². The van der Waals surface area contributed by atoms with Crippen molar-refractivity contribution in [2.75, 3.05) is 21.3 Å². The number of unbranched alkanes of at least 4 members (excludes halogenated alkanes) is 4. The van der Waals surface area contributed by atoms with Crippen LogP contribution >= 0.6 is 0 Å². The first-order valence-electron chi connectivity index (χ1n) is 5.40. The van der Waals surface area contributed by atoms with E-state index in [1.165, 1.54) is 25.7 Å². The van der Waals surface area contributed by atoms with Gasteiger partial charge in [0.15, 0.2) is 0 Å². The number of hydrogen-bond donors (Lipinski definition) is 0. The fourth-order valence-electron chi connectivity index (χ4n) is 1.50. The van der Waals surface area contributed by atoms with Gasteiger partial charge in [0.25, 0.3) is 0 Å². The predicted molar refractivity (Wildman–Crippen MR) is 60.3 cm³/mol. The van der Waals surface area contributed by atoms with Gasteiger partial charge in [-0.2, -0.15) is 0 Å². The SMILES string of the molecule is CCCCCCC[Si](OC)(OC)OC. The fraction of sp³-hybridized carbons (Fsp3) is 1.00. The summed E-state index contributed by atoms with van der Waals surface area (Å²) in [5.41, 5.74) is 0. The molecular formula is C10H24O3Si. The van der Waals surface area contributed by atoms with E-state index < -0.39 is 8.80 Å². The van der Waals surface area contributed by atoms with Crippen LogP contribution in [0.2, 0.25) is 6.04 Å². The molecule has 0 amide bonds. The molecule has 0 aromatic rings. The molecular weight excluding hydrogens is 196 g/mol. The molecule has 0 fully saturated rings. The van der Waals surface area contributed by atoms with Crippen LogP contribution in [0.4, 0.5) is 0 Å². The Morgan fingerprint density at radius 1 is 0.786 bits per heavy atom. The van der Waals surface area contributed by atoms with Crippen LogP contribution in [0.15, 0.2) is 0 Å². The molecule has 0 aliphatic heterocycles. The van der Waals surface area contributed by atoms with Gasteiger partial charge >= 0.3 is 8.80 Å². The van der Waals surface area contributed by atoms with Gasteiger partial charge in [-0.1, -0.05) is 32.6 Å². The Balaban J connectivity index is 3.61. The minimum Gasteiger partial charge on any atom is -0.377 e. The van der Waals surface area contributed by atoms with Gasteiger partial charge in [0, 0.05) is 27.4 Å². The average Bonchev–Trinajstić information content (AvgIpc) is 2.24. The second kappa shape index (κ2) is 8.41. The lowest BCUT2D eigenvalue weighted by Gasteiger charge is -2.24. The maximum Gasteiger partial charge on any atom is 0.500 e. The van der Waals surface area contributed by atoms with Gasteiger partial charge < -0.3 is 13.3 Å². The normalized spacial score (nSPS) is 12.0. The molecule has 0 N–H and O–H groups in total. The second-order valence-electron chi connectivity index (χ2n) is 3.46. The third-order valence-corrected chi connectivity index (χ3v) is 5.35. The third kappa shape index (κ3) is 5.10. The molecule has 0 radical (unpaired) electrons. The van der Waals surface area contributed by atoms with E-state index in [9.17, 15) is 0 Å². The highest BCUT2D eigenvalue weighted by Gasteiger charge is 2.36. The highest BCUT2D eigenvalue weighted by atomic mass is 28.4. The maximum atomic E-state index is 5.34. The summed E-state index contributed by atoms with van der Waals surface area (Å²) in [5, 5.41) is 0. The highest BCUT2D eigenvalue weighted by Crippen LogP contribution is 2.17. The number of rotatable bonds is 9. The van der Waals surface area contributed by atoms with E-state index in [-0.39, 0.29) is 0 Å². The highest BCUT2D eigenvalue weighted by molar-refractivity contribution is 6.60. The van der Waals surface area contributed by atoms with Crippen LogP contribution in [0.25, 0.3) is 0 Å². The maximum absolute atomic E-state index is 5.34. The molecule has 4 heteroatoms. The summed E-state index contributed by atoms with van der Waals surface area (Å²) in [6, 6.07) is 0.931. The quantitative estimate of drug-likeness (QED) is 0.442. The van der Waals surface area contributed by atoms with Crippen LogP contribution in [0, 0.1) is 0 Å². The molecule has 14 heavy (non-hydrogen) atoms. The molecule has 0 saturated heterocycles. The lowest BCUT2D eigenvalue weighted by Crippen LogP contribution is -2.42. The van der Waals surface area contributed by atoms with Crippen molar-refractivity contribution in [2.24, 2.45) is 0 Å². The van der Waals surface area contributed by atoms with Crippen molar-refractivity contribution in [2.45, 2.75) is 45.1 Å². The summed E-state index contributed by atoms with van der Waals surface area (Å²) in [6.45, 7) is 2.22. The number of hydrogen-bond acceptors (Lipinski definition) is 3. The molecule has 0 rings (SSSR count). The fourth-order valence-corrected chi connectivity index (χ4v) is 3.30. The van der Waals surface area contributed by atoms with Gasteiger partial charge in [0.1, 0.15) is 0 Å². The van der Waals surface area contributed by atoms with Crippen molar-refractivity contribution in [1.82, 2.24) is 0 Å². The van der Waals surface area contributed by atoms with Crippen LogP contribution in [0.5, 0.6) is 0 Å². The van der Waals surface area contributed by atoms with Crippen molar-refractivity contribution in [1.29, 1.82) is 0 Å². The van der Waals surface area contributed by atoms with Crippen LogP contribution in [0.1, 0.15) is 39.0 Å². The van der Waals surface area contributed by atoms with Crippen LogP contribution in [-0.4, -0.2) is 30.1 Å². The average molecular weight is 220 g/mol. The van der Waals surface area contributed by atoms with Crippen molar-refractivity contribution in [3.05, 3.63) is 0 Å². The Hall–Kier alpha value is 0.0969. The molecule has 0 unspecified atom stereocenters. The summed E-state index contributed by atoms with van der Waals surface area (Å²) in [4.78, 5) is 0. The minimum absolute atomic E-state index is 0.931. The summed E-state index contributed by atoms with van der Waals surface area (Å²) in [6.07, 6.45) is 6.29. The van der Waals surface area contributed by atoms with Gasteiger partial charge in [0.2, 0.25) is 0 Å². The van der Waals surface area contributed by atoms with Gasteiger partial charge in [-0.05, 0) is 6.42 Å². The smallest absolute Gasteiger partial charge is 0.377 e. The zero-order valence-electron chi connectivity index (χ0n) is 9.97. The van der Waals surface area contributed by atoms with E-state index in [0.717, 1.165) is 12.5 Å². The summed E-state index contributed by atoms with van der Waals surface area (Å²) in [5.74, 6) is 0. The standard InChI is InChI=1S/C10H24O3Si/c1-5-6-7-8-9-10-14(11-2,12-3)13-4/h5-10H2,1-4H3. The van der Waals surface area contributed by atoms with Crippen molar-refractivity contribution < 1.29 is 13.3 Å². The van der Waals surface area contributed by atoms with Gasteiger partial charge in [-0.3, -0.25) is 0 Å². The monoisotopic (exact) mass is 220 g/mol. The molecule has 0 saturated carbocycles. The first-order valence-corrected chi connectivity index (χ1v) is 7.33. The predicted octanol–water partition coefficient (Wildman–Crippen LogP) is 2.83. The molecule has 86 valence electrons. The van der Waals surface area contributed by atoms with Crippen LogP contribution in [0.3, 0.4) is 0 Å². The topological polar surface area (TPSA) is 27.7 Å². The molecule has 0 bridgehead atoms. The largest absolute Gasteiger partial charge is 0.500 e. The molecule has 0 aliphatic carbocycles. The zero-order chi connectivity index (χ0) is 10.9. The van der Waals surface area contributed by atoms with Gasteiger partial charge in [0.05, 0.1) is 0 Å². The third-order valence-electron chi connectivity index (χ3n) is 2.52. The van der Waals surface area contributed by atoms with E-state index in [0.29, 0.717) is 0 Å².